The molecule has 1 aromatic rings. The summed E-state index contributed by atoms with van der Waals surface area (Å²) in [6.07, 6.45) is 0. The average molecular weight is 262 g/mol. The first kappa shape index (κ1) is 13.4. The Kier molecular flexibility index (Phi) is 3.22. The highest BCUT2D eigenvalue weighted by Gasteiger charge is 2.28. The van der Waals surface area contributed by atoms with Crippen LogP contribution in [-0.2, 0) is 9.59 Å². The summed E-state index contributed by atoms with van der Waals surface area (Å²) in [5.74, 6) is 0.367. The third-order valence-electron chi connectivity index (χ3n) is 2.99. The number of rotatable bonds is 1. The number of hydrogen-bond acceptors (Lipinski definition) is 3. The first-order valence-electron chi connectivity index (χ1n) is 6.14. The molecular formula is C14H18N2O3. The monoisotopic (exact) mass is 262 g/mol. The minimum atomic E-state index is -0.499. The lowest BCUT2D eigenvalue weighted by molar-refractivity contribution is -0.123. The number of fused-ring (bicyclic) bond motifs is 1. The molecule has 0 saturated heterocycles. The molecule has 2 amide bonds. The maximum absolute atomic E-state index is 12.1. The van der Waals surface area contributed by atoms with E-state index in [4.69, 9.17) is 4.74 Å². The van der Waals surface area contributed by atoms with E-state index in [1.54, 1.807) is 25.2 Å². The lowest BCUT2D eigenvalue weighted by atomic mass is 9.95. The maximum Gasteiger partial charge on any atom is 0.264 e. The Morgan fingerprint density at radius 1 is 1.37 bits per heavy atom. The van der Waals surface area contributed by atoms with Gasteiger partial charge in [-0.1, -0.05) is 26.8 Å². The number of hydrogen-bond donors (Lipinski definition) is 1. The SMILES string of the molecule is CN1C(=O)COc2cccc(NC(=O)C(C)(C)C)c21. The number of carbonyl (C=O) groups excluding carboxylic acids is 2. The number of benzene rings is 1. The summed E-state index contributed by atoms with van der Waals surface area (Å²) in [4.78, 5) is 25.2. The van der Waals surface area contributed by atoms with E-state index in [9.17, 15) is 9.59 Å². The molecule has 0 bridgehead atoms. The number of likely N-dealkylation sites (N-methyl/N-ethyl adjacent to an activating group) is 1. The molecular weight excluding hydrogens is 244 g/mol. The zero-order chi connectivity index (χ0) is 14.2. The van der Waals surface area contributed by atoms with Crippen molar-refractivity contribution in [2.45, 2.75) is 20.8 Å². The molecule has 1 aliphatic heterocycles. The second-order valence-electron chi connectivity index (χ2n) is 5.60. The zero-order valence-electron chi connectivity index (χ0n) is 11.6. The smallest absolute Gasteiger partial charge is 0.264 e. The van der Waals surface area contributed by atoms with Crippen molar-refractivity contribution < 1.29 is 14.3 Å². The standard InChI is InChI=1S/C14H18N2O3/c1-14(2,3)13(18)15-9-6-5-7-10-12(9)16(4)11(17)8-19-10/h5-7H,8H2,1-4H3,(H,15,18). The molecule has 0 aromatic heterocycles. The first-order valence-corrected chi connectivity index (χ1v) is 6.14. The summed E-state index contributed by atoms with van der Waals surface area (Å²) >= 11 is 0. The molecule has 0 aliphatic carbocycles. The van der Waals surface area contributed by atoms with Crippen molar-refractivity contribution in [2.24, 2.45) is 5.41 Å². The van der Waals surface area contributed by atoms with Crippen LogP contribution in [-0.4, -0.2) is 25.5 Å². The maximum atomic E-state index is 12.1. The third kappa shape index (κ3) is 2.54. The molecule has 1 aliphatic rings. The van der Waals surface area contributed by atoms with Crippen LogP contribution in [0.2, 0.25) is 0 Å². The van der Waals surface area contributed by atoms with Crippen molar-refractivity contribution in [2.75, 3.05) is 23.9 Å². The molecule has 5 nitrogen and oxygen atoms in total. The Labute approximate surface area is 112 Å². The van der Waals surface area contributed by atoms with Gasteiger partial charge in [-0.2, -0.15) is 0 Å². The van der Waals surface area contributed by atoms with Gasteiger partial charge in [-0.05, 0) is 12.1 Å². The molecule has 2 rings (SSSR count). The van der Waals surface area contributed by atoms with E-state index < -0.39 is 5.41 Å². The van der Waals surface area contributed by atoms with E-state index in [0.717, 1.165) is 0 Å². The van der Waals surface area contributed by atoms with E-state index in [0.29, 0.717) is 17.1 Å². The highest BCUT2D eigenvalue weighted by atomic mass is 16.5. The molecule has 0 atom stereocenters. The van der Waals surface area contributed by atoms with E-state index in [1.807, 2.05) is 20.8 Å². The van der Waals surface area contributed by atoms with Gasteiger partial charge in [0, 0.05) is 12.5 Å². The van der Waals surface area contributed by atoms with Crippen LogP contribution in [0.25, 0.3) is 0 Å². The minimum Gasteiger partial charge on any atom is -0.481 e. The van der Waals surface area contributed by atoms with Gasteiger partial charge in [-0.25, -0.2) is 0 Å². The van der Waals surface area contributed by atoms with Crippen molar-refractivity contribution in [3.63, 3.8) is 0 Å². The third-order valence-corrected chi connectivity index (χ3v) is 2.99. The number of nitrogens with zero attached hydrogens (tertiary/aromatic N) is 1. The molecule has 5 heteroatoms. The summed E-state index contributed by atoms with van der Waals surface area (Å²) in [6, 6.07) is 5.34. The van der Waals surface area contributed by atoms with Gasteiger partial charge >= 0.3 is 0 Å². The molecule has 0 radical (unpaired) electrons. The predicted octanol–water partition coefficient (Wildman–Crippen LogP) is 2.03. The van der Waals surface area contributed by atoms with Crippen molar-refractivity contribution in [1.29, 1.82) is 0 Å². The van der Waals surface area contributed by atoms with Crippen LogP contribution in [0.5, 0.6) is 5.75 Å². The van der Waals surface area contributed by atoms with Crippen LogP contribution in [0.1, 0.15) is 20.8 Å². The van der Waals surface area contributed by atoms with Gasteiger partial charge in [0.1, 0.15) is 11.4 Å². The number of carbonyl (C=O) groups is 2. The summed E-state index contributed by atoms with van der Waals surface area (Å²) in [6.45, 7) is 5.54. The van der Waals surface area contributed by atoms with Crippen molar-refractivity contribution in [3.8, 4) is 5.75 Å². The molecule has 0 spiro atoms. The molecule has 1 heterocycles. The Morgan fingerprint density at radius 3 is 2.68 bits per heavy atom. The summed E-state index contributed by atoms with van der Waals surface area (Å²) < 4.78 is 5.37. The number of amides is 2. The fourth-order valence-electron chi connectivity index (χ4n) is 1.76. The minimum absolute atomic E-state index is 0.0279. The Morgan fingerprint density at radius 2 is 2.05 bits per heavy atom. The Balaban J connectivity index is 2.38. The highest BCUT2D eigenvalue weighted by Crippen LogP contribution is 2.38. The topological polar surface area (TPSA) is 58.6 Å². The molecule has 102 valence electrons. The van der Waals surface area contributed by atoms with Crippen LogP contribution in [0, 0.1) is 5.41 Å². The normalized spacial score (nSPS) is 14.7. The number of nitrogens with one attached hydrogen (secondary N) is 1. The molecule has 1 N–H and O–H groups in total. The Bertz CT molecular complexity index is 532. The first-order chi connectivity index (χ1) is 8.80. The van der Waals surface area contributed by atoms with Crippen molar-refractivity contribution in [3.05, 3.63) is 18.2 Å². The zero-order valence-corrected chi connectivity index (χ0v) is 11.6. The average Bonchev–Trinajstić information content (AvgIpc) is 2.33. The predicted molar refractivity (Wildman–Crippen MR) is 73.4 cm³/mol. The van der Waals surface area contributed by atoms with Crippen molar-refractivity contribution >= 4 is 23.2 Å². The van der Waals surface area contributed by atoms with Gasteiger partial charge in [0.25, 0.3) is 5.91 Å². The quantitative estimate of drug-likeness (QED) is 0.842. The van der Waals surface area contributed by atoms with E-state index in [1.165, 1.54) is 4.90 Å². The van der Waals surface area contributed by atoms with Crippen LogP contribution in [0.3, 0.4) is 0 Å². The molecule has 0 unspecified atom stereocenters. The van der Waals surface area contributed by atoms with Gasteiger partial charge in [-0.15, -0.1) is 0 Å². The van der Waals surface area contributed by atoms with Crippen LogP contribution in [0.4, 0.5) is 11.4 Å². The van der Waals surface area contributed by atoms with Crippen LogP contribution in [0.15, 0.2) is 18.2 Å². The molecule has 19 heavy (non-hydrogen) atoms. The summed E-state index contributed by atoms with van der Waals surface area (Å²) in [5.41, 5.74) is 0.699. The number of para-hydroxylation sites is 1. The fourth-order valence-corrected chi connectivity index (χ4v) is 1.76. The van der Waals surface area contributed by atoms with Gasteiger partial charge in [-0.3, -0.25) is 9.59 Å². The summed E-state index contributed by atoms with van der Waals surface area (Å²) in [7, 11) is 1.68. The van der Waals surface area contributed by atoms with Crippen molar-refractivity contribution in [1.82, 2.24) is 0 Å². The second kappa shape index (κ2) is 4.57. The lowest BCUT2D eigenvalue weighted by Crippen LogP contribution is -2.37. The van der Waals surface area contributed by atoms with Gasteiger partial charge in [0.15, 0.2) is 6.61 Å². The lowest BCUT2D eigenvalue weighted by Gasteiger charge is -2.29. The number of anilines is 2. The van der Waals surface area contributed by atoms with E-state index in [2.05, 4.69) is 5.32 Å². The molecule has 0 saturated carbocycles. The van der Waals surface area contributed by atoms with E-state index >= 15 is 0 Å². The molecule has 0 fully saturated rings. The number of ether oxygens (including phenoxy) is 1. The van der Waals surface area contributed by atoms with Gasteiger partial charge < -0.3 is 15.0 Å². The fraction of sp³-hybridized carbons (Fsp3) is 0.429. The van der Waals surface area contributed by atoms with E-state index in [-0.39, 0.29) is 18.4 Å². The van der Waals surface area contributed by atoms with Gasteiger partial charge in [0.05, 0.1) is 5.69 Å². The largest absolute Gasteiger partial charge is 0.481 e. The molecule has 1 aromatic carbocycles. The Hall–Kier alpha value is -2.04. The highest BCUT2D eigenvalue weighted by molar-refractivity contribution is 6.05. The second-order valence-corrected chi connectivity index (χ2v) is 5.60. The van der Waals surface area contributed by atoms with Gasteiger partial charge in [0.2, 0.25) is 5.91 Å². The summed E-state index contributed by atoms with van der Waals surface area (Å²) in [5, 5.41) is 2.85. The van der Waals surface area contributed by atoms with Crippen LogP contribution >= 0.6 is 0 Å². The van der Waals surface area contributed by atoms with Crippen LogP contribution < -0.4 is 15.0 Å².